The van der Waals surface area contributed by atoms with Gasteiger partial charge in [-0.25, -0.2) is 4.79 Å². The van der Waals surface area contributed by atoms with E-state index in [4.69, 9.17) is 4.74 Å². The van der Waals surface area contributed by atoms with E-state index in [1.807, 2.05) is 12.3 Å². The van der Waals surface area contributed by atoms with Crippen LogP contribution < -0.4 is 10.6 Å². The Morgan fingerprint density at radius 2 is 2.13 bits per heavy atom. The molecule has 0 radical (unpaired) electrons. The van der Waals surface area contributed by atoms with E-state index in [1.54, 1.807) is 6.20 Å². The first-order chi connectivity index (χ1) is 11.2. The molecule has 2 rings (SSSR count). The molecule has 1 fully saturated rings. The summed E-state index contributed by atoms with van der Waals surface area (Å²) in [4.78, 5) is 18.5. The van der Waals surface area contributed by atoms with Crippen molar-refractivity contribution in [2.75, 3.05) is 39.4 Å². The fourth-order valence-corrected chi connectivity index (χ4v) is 2.65. The fraction of sp³-hybridized carbons (Fsp3) is 0.647. The first-order valence-electron chi connectivity index (χ1n) is 8.40. The highest BCUT2D eigenvalue weighted by Gasteiger charge is 2.23. The Hall–Kier alpha value is -1.66. The van der Waals surface area contributed by atoms with Gasteiger partial charge >= 0.3 is 6.03 Å². The highest BCUT2D eigenvalue weighted by atomic mass is 16.5. The van der Waals surface area contributed by atoms with Crippen molar-refractivity contribution in [3.8, 4) is 0 Å². The van der Waals surface area contributed by atoms with Crippen LogP contribution in [0.25, 0.3) is 0 Å². The van der Waals surface area contributed by atoms with Gasteiger partial charge in [-0.15, -0.1) is 0 Å². The second kappa shape index (κ2) is 9.47. The number of nitrogens with one attached hydrogen (secondary N) is 2. The number of hydrogen-bond acceptors (Lipinski definition) is 4. The van der Waals surface area contributed by atoms with Crippen LogP contribution in [0.3, 0.4) is 0 Å². The minimum Gasteiger partial charge on any atom is -0.379 e. The summed E-state index contributed by atoms with van der Waals surface area (Å²) in [6.07, 6.45) is 4.63. The van der Waals surface area contributed by atoms with Crippen LogP contribution in [0.2, 0.25) is 0 Å². The lowest BCUT2D eigenvalue weighted by Gasteiger charge is -2.34. The van der Waals surface area contributed by atoms with Crippen molar-refractivity contribution in [3.63, 3.8) is 0 Å². The predicted molar refractivity (Wildman–Crippen MR) is 90.2 cm³/mol. The Bertz CT molecular complexity index is 461. The van der Waals surface area contributed by atoms with Crippen LogP contribution in [-0.4, -0.2) is 55.3 Å². The maximum atomic E-state index is 12.0. The number of hydrogen-bond donors (Lipinski definition) is 2. The van der Waals surface area contributed by atoms with Crippen LogP contribution in [0, 0.1) is 5.92 Å². The lowest BCUT2D eigenvalue weighted by Crippen LogP contribution is -2.46. The summed E-state index contributed by atoms with van der Waals surface area (Å²) in [5, 5.41) is 5.91. The largest absolute Gasteiger partial charge is 0.379 e. The second-order valence-electron chi connectivity index (χ2n) is 6.27. The summed E-state index contributed by atoms with van der Waals surface area (Å²) in [6.45, 7) is 8.78. The van der Waals surface area contributed by atoms with E-state index in [-0.39, 0.29) is 12.1 Å². The van der Waals surface area contributed by atoms with Crippen molar-refractivity contribution in [2.45, 2.75) is 26.3 Å². The van der Waals surface area contributed by atoms with E-state index in [0.29, 0.717) is 19.0 Å². The molecular formula is C17H28N4O2. The molecule has 0 aliphatic carbocycles. The Labute approximate surface area is 138 Å². The monoisotopic (exact) mass is 320 g/mol. The van der Waals surface area contributed by atoms with Gasteiger partial charge in [-0.3, -0.25) is 9.88 Å². The van der Waals surface area contributed by atoms with Gasteiger partial charge in [-0.1, -0.05) is 19.9 Å². The van der Waals surface area contributed by atoms with Gasteiger partial charge in [0.25, 0.3) is 0 Å². The lowest BCUT2D eigenvalue weighted by molar-refractivity contribution is 0.0166. The molecule has 6 heteroatoms. The van der Waals surface area contributed by atoms with Crippen LogP contribution in [-0.2, 0) is 4.74 Å². The maximum absolute atomic E-state index is 12.0. The molecule has 0 spiro atoms. The number of urea groups is 1. The summed E-state index contributed by atoms with van der Waals surface area (Å²) in [6, 6.07) is 4.02. The van der Waals surface area contributed by atoms with E-state index in [9.17, 15) is 4.79 Å². The van der Waals surface area contributed by atoms with Crippen molar-refractivity contribution in [2.24, 2.45) is 5.92 Å². The number of nitrogens with zero attached hydrogens (tertiary/aromatic N) is 2. The molecule has 2 amide bonds. The number of carbonyl (C=O) groups excluding carboxylic acids is 1. The predicted octanol–water partition coefficient (Wildman–Crippen LogP) is 1.80. The number of amides is 2. The second-order valence-corrected chi connectivity index (χ2v) is 6.27. The molecule has 0 aromatic carbocycles. The van der Waals surface area contributed by atoms with Crippen molar-refractivity contribution in [3.05, 3.63) is 30.1 Å². The number of aromatic nitrogens is 1. The smallest absolute Gasteiger partial charge is 0.314 e. The quantitative estimate of drug-likeness (QED) is 0.804. The zero-order valence-corrected chi connectivity index (χ0v) is 14.1. The number of rotatable bonds is 7. The normalized spacial score (nSPS) is 17.0. The Morgan fingerprint density at radius 1 is 1.35 bits per heavy atom. The molecule has 6 nitrogen and oxygen atoms in total. The van der Waals surface area contributed by atoms with Crippen LogP contribution >= 0.6 is 0 Å². The SMILES string of the molecule is CC(C)CCNC(=O)NCC(c1cccnc1)N1CCOCC1. The molecule has 1 aliphatic heterocycles. The van der Waals surface area contributed by atoms with Crippen LogP contribution in [0.4, 0.5) is 4.79 Å². The van der Waals surface area contributed by atoms with Crippen molar-refractivity contribution in [1.82, 2.24) is 20.5 Å². The molecule has 1 aromatic heterocycles. The minimum absolute atomic E-state index is 0.104. The minimum atomic E-state index is -0.104. The van der Waals surface area contributed by atoms with Gasteiger partial charge in [0.1, 0.15) is 0 Å². The average molecular weight is 320 g/mol. The molecule has 1 aliphatic rings. The summed E-state index contributed by atoms with van der Waals surface area (Å²) >= 11 is 0. The molecule has 2 heterocycles. The molecule has 128 valence electrons. The van der Waals surface area contributed by atoms with Crippen molar-refractivity contribution in [1.29, 1.82) is 0 Å². The molecule has 23 heavy (non-hydrogen) atoms. The van der Waals surface area contributed by atoms with Gasteiger partial charge in [0, 0.05) is 38.6 Å². The Morgan fingerprint density at radius 3 is 2.78 bits per heavy atom. The third-order valence-electron chi connectivity index (χ3n) is 4.02. The number of morpholine rings is 1. The zero-order chi connectivity index (χ0) is 16.5. The number of pyridine rings is 1. The maximum Gasteiger partial charge on any atom is 0.314 e. The standard InChI is InChI=1S/C17H28N4O2/c1-14(2)5-7-19-17(22)20-13-16(15-4-3-6-18-12-15)21-8-10-23-11-9-21/h3-4,6,12,14,16H,5,7-11,13H2,1-2H3,(H2,19,20,22). The van der Waals surface area contributed by atoms with Gasteiger partial charge in [-0.05, 0) is 24.0 Å². The first kappa shape index (κ1) is 17.7. The zero-order valence-electron chi connectivity index (χ0n) is 14.1. The van der Waals surface area contributed by atoms with Gasteiger partial charge < -0.3 is 15.4 Å². The fourth-order valence-electron chi connectivity index (χ4n) is 2.65. The molecule has 1 unspecified atom stereocenters. The third kappa shape index (κ3) is 6.15. The van der Waals surface area contributed by atoms with Gasteiger partial charge in [0.05, 0.1) is 19.3 Å². The molecule has 1 atom stereocenters. The Balaban J connectivity index is 1.88. The molecule has 2 N–H and O–H groups in total. The van der Waals surface area contributed by atoms with Gasteiger partial charge in [0.2, 0.25) is 0 Å². The molecule has 1 aromatic rings. The summed E-state index contributed by atoms with van der Waals surface area (Å²) < 4.78 is 5.43. The summed E-state index contributed by atoms with van der Waals surface area (Å²) in [7, 11) is 0. The Kier molecular flexibility index (Phi) is 7.29. The van der Waals surface area contributed by atoms with E-state index in [2.05, 4.69) is 40.4 Å². The van der Waals surface area contributed by atoms with E-state index < -0.39 is 0 Å². The molecule has 0 bridgehead atoms. The lowest BCUT2D eigenvalue weighted by atomic mass is 10.1. The summed E-state index contributed by atoms with van der Waals surface area (Å²) in [5.41, 5.74) is 1.12. The van der Waals surface area contributed by atoms with Crippen molar-refractivity contribution >= 4 is 6.03 Å². The van der Waals surface area contributed by atoms with Crippen LogP contribution in [0.15, 0.2) is 24.5 Å². The van der Waals surface area contributed by atoms with Gasteiger partial charge in [-0.2, -0.15) is 0 Å². The molecule has 1 saturated heterocycles. The first-order valence-corrected chi connectivity index (χ1v) is 8.40. The van der Waals surface area contributed by atoms with E-state index in [1.165, 1.54) is 0 Å². The number of ether oxygens (including phenoxy) is 1. The average Bonchev–Trinajstić information content (AvgIpc) is 2.57. The van der Waals surface area contributed by atoms with Crippen molar-refractivity contribution < 1.29 is 9.53 Å². The topological polar surface area (TPSA) is 66.5 Å². The van der Waals surface area contributed by atoms with Crippen LogP contribution in [0.1, 0.15) is 31.9 Å². The van der Waals surface area contributed by atoms with E-state index in [0.717, 1.165) is 38.3 Å². The van der Waals surface area contributed by atoms with Crippen LogP contribution in [0.5, 0.6) is 0 Å². The highest BCUT2D eigenvalue weighted by molar-refractivity contribution is 5.73. The van der Waals surface area contributed by atoms with E-state index >= 15 is 0 Å². The van der Waals surface area contributed by atoms with Gasteiger partial charge in [0.15, 0.2) is 0 Å². The third-order valence-corrected chi connectivity index (χ3v) is 4.02. The highest BCUT2D eigenvalue weighted by Crippen LogP contribution is 2.20. The number of carbonyl (C=O) groups is 1. The summed E-state index contributed by atoms with van der Waals surface area (Å²) in [5.74, 6) is 0.590. The molecular weight excluding hydrogens is 292 g/mol. The molecule has 0 saturated carbocycles.